The molecule has 1 saturated heterocycles. The quantitative estimate of drug-likeness (QED) is 0.849. The monoisotopic (exact) mass is 240 g/mol. The van der Waals surface area contributed by atoms with Crippen LogP contribution in [-0.2, 0) is 4.74 Å². The van der Waals surface area contributed by atoms with Gasteiger partial charge in [0.25, 0.3) is 5.95 Å². The summed E-state index contributed by atoms with van der Waals surface area (Å²) in [6.07, 6.45) is 4.94. The van der Waals surface area contributed by atoms with Gasteiger partial charge in [-0.2, -0.15) is 4.98 Å². The van der Waals surface area contributed by atoms with E-state index in [-0.39, 0.29) is 6.04 Å². The maximum absolute atomic E-state index is 5.84. The predicted molar refractivity (Wildman–Crippen MR) is 63.8 cm³/mol. The molecule has 2 N–H and O–H groups in total. The second kappa shape index (κ2) is 5.97. The zero-order chi connectivity index (χ0) is 12.1. The first-order valence-corrected chi connectivity index (χ1v) is 6.14. The Labute approximate surface area is 101 Å². The van der Waals surface area contributed by atoms with E-state index in [9.17, 15) is 0 Å². The van der Waals surface area contributed by atoms with Crippen molar-refractivity contribution in [3.63, 3.8) is 0 Å². The number of methoxy groups -OCH3 is 1. The highest BCUT2D eigenvalue weighted by atomic mass is 16.5. The van der Waals surface area contributed by atoms with Gasteiger partial charge >= 0.3 is 0 Å². The molecule has 0 spiro atoms. The summed E-state index contributed by atoms with van der Waals surface area (Å²) in [5.74, 6) is 1.11. The van der Waals surface area contributed by atoms with Crippen molar-refractivity contribution in [1.82, 2.24) is 10.1 Å². The van der Waals surface area contributed by atoms with Crippen molar-refractivity contribution < 1.29 is 9.26 Å². The number of aromatic nitrogens is 2. The molecule has 1 aliphatic heterocycles. The van der Waals surface area contributed by atoms with Crippen molar-refractivity contribution in [3.05, 3.63) is 5.89 Å². The Hall–Kier alpha value is -1.14. The van der Waals surface area contributed by atoms with E-state index in [1.807, 2.05) is 0 Å². The molecular formula is C11H20N4O2. The molecule has 0 bridgehead atoms. The molecule has 17 heavy (non-hydrogen) atoms. The number of hydrogen-bond donors (Lipinski definition) is 1. The number of hydrogen-bond acceptors (Lipinski definition) is 6. The topological polar surface area (TPSA) is 77.4 Å². The zero-order valence-corrected chi connectivity index (χ0v) is 10.3. The zero-order valence-electron chi connectivity index (χ0n) is 10.3. The highest BCUT2D eigenvalue weighted by molar-refractivity contribution is 5.27. The average Bonchev–Trinajstić information content (AvgIpc) is 2.66. The summed E-state index contributed by atoms with van der Waals surface area (Å²) < 4.78 is 10.1. The second-order valence-electron chi connectivity index (χ2n) is 4.40. The minimum atomic E-state index is -0.340. The van der Waals surface area contributed by atoms with Gasteiger partial charge in [0.15, 0.2) is 0 Å². The molecule has 0 amide bonds. The van der Waals surface area contributed by atoms with Crippen molar-refractivity contribution >= 4 is 5.95 Å². The summed E-state index contributed by atoms with van der Waals surface area (Å²) in [5.41, 5.74) is 5.84. The summed E-state index contributed by atoms with van der Waals surface area (Å²) in [5, 5.41) is 3.99. The lowest BCUT2D eigenvalue weighted by atomic mass is 10.2. The van der Waals surface area contributed by atoms with Gasteiger partial charge in [-0.25, -0.2) is 0 Å². The van der Waals surface area contributed by atoms with Crippen LogP contribution in [0.5, 0.6) is 0 Å². The van der Waals surface area contributed by atoms with Crippen molar-refractivity contribution in [1.29, 1.82) is 0 Å². The van der Waals surface area contributed by atoms with Gasteiger partial charge in [-0.1, -0.05) is 12.8 Å². The van der Waals surface area contributed by atoms with Crippen molar-refractivity contribution in [2.45, 2.75) is 31.7 Å². The Balaban J connectivity index is 2.01. The normalized spacial score (nSPS) is 19.1. The van der Waals surface area contributed by atoms with Gasteiger partial charge in [0.05, 0.1) is 6.61 Å². The Bertz CT molecular complexity index is 334. The van der Waals surface area contributed by atoms with Crippen LogP contribution in [0.3, 0.4) is 0 Å². The SMILES string of the molecule is COCC(N)c1nc(N2CCCCCC2)no1. The van der Waals surface area contributed by atoms with Crippen LogP contribution in [0.25, 0.3) is 0 Å². The Kier molecular flexibility index (Phi) is 4.33. The largest absolute Gasteiger partial charge is 0.383 e. The summed E-state index contributed by atoms with van der Waals surface area (Å²) in [4.78, 5) is 6.50. The fourth-order valence-corrected chi connectivity index (χ4v) is 2.03. The maximum Gasteiger partial charge on any atom is 0.266 e. The molecule has 1 aliphatic rings. The maximum atomic E-state index is 5.84. The van der Waals surface area contributed by atoms with Crippen LogP contribution in [-0.4, -0.2) is 36.9 Å². The third kappa shape index (κ3) is 3.17. The van der Waals surface area contributed by atoms with Crippen LogP contribution >= 0.6 is 0 Å². The molecule has 0 saturated carbocycles. The Morgan fingerprint density at radius 1 is 1.35 bits per heavy atom. The molecule has 6 nitrogen and oxygen atoms in total. The molecule has 0 aliphatic carbocycles. The lowest BCUT2D eigenvalue weighted by Gasteiger charge is -2.16. The van der Waals surface area contributed by atoms with Crippen LogP contribution in [0.4, 0.5) is 5.95 Å². The molecule has 1 aromatic heterocycles. The Morgan fingerprint density at radius 2 is 2.06 bits per heavy atom. The summed E-state index contributed by atoms with van der Waals surface area (Å²) in [7, 11) is 1.60. The van der Waals surface area contributed by atoms with Gasteiger partial charge in [0.2, 0.25) is 5.89 Å². The van der Waals surface area contributed by atoms with Crippen LogP contribution in [0.15, 0.2) is 4.52 Å². The van der Waals surface area contributed by atoms with Gasteiger partial charge in [-0.3, -0.25) is 0 Å². The predicted octanol–water partition coefficient (Wildman–Crippen LogP) is 1.10. The van der Waals surface area contributed by atoms with Crippen LogP contribution < -0.4 is 10.6 Å². The van der Waals surface area contributed by atoms with Crippen LogP contribution in [0.1, 0.15) is 37.6 Å². The first-order chi connectivity index (χ1) is 8.31. The van der Waals surface area contributed by atoms with E-state index in [1.54, 1.807) is 7.11 Å². The van der Waals surface area contributed by atoms with Crippen LogP contribution in [0.2, 0.25) is 0 Å². The number of nitrogens with zero attached hydrogens (tertiary/aromatic N) is 3. The molecule has 1 fully saturated rings. The number of rotatable bonds is 4. The standard InChI is InChI=1S/C11H20N4O2/c1-16-8-9(12)10-13-11(14-17-10)15-6-4-2-3-5-7-15/h9H,2-8,12H2,1H3. The lowest BCUT2D eigenvalue weighted by Crippen LogP contribution is -2.25. The van der Waals surface area contributed by atoms with Crippen molar-refractivity contribution in [2.24, 2.45) is 5.73 Å². The van der Waals surface area contributed by atoms with E-state index < -0.39 is 0 Å². The molecule has 1 aromatic rings. The van der Waals surface area contributed by atoms with Gasteiger partial charge in [-0.05, 0) is 18.0 Å². The summed E-state index contributed by atoms with van der Waals surface area (Å²) >= 11 is 0. The van der Waals surface area contributed by atoms with E-state index >= 15 is 0 Å². The number of ether oxygens (including phenoxy) is 1. The van der Waals surface area contributed by atoms with Crippen LogP contribution in [0, 0.1) is 0 Å². The van der Waals surface area contributed by atoms with E-state index in [1.165, 1.54) is 25.7 Å². The molecule has 96 valence electrons. The third-order valence-electron chi connectivity index (χ3n) is 2.98. The van der Waals surface area contributed by atoms with E-state index in [2.05, 4.69) is 15.0 Å². The van der Waals surface area contributed by atoms with Gasteiger partial charge in [0.1, 0.15) is 6.04 Å². The highest BCUT2D eigenvalue weighted by Gasteiger charge is 2.19. The summed E-state index contributed by atoms with van der Waals surface area (Å²) in [6, 6.07) is -0.340. The molecule has 2 heterocycles. The fraction of sp³-hybridized carbons (Fsp3) is 0.818. The number of anilines is 1. The summed E-state index contributed by atoms with van der Waals surface area (Å²) in [6.45, 7) is 2.39. The molecule has 1 unspecified atom stereocenters. The van der Waals surface area contributed by atoms with Crippen molar-refractivity contribution in [2.75, 3.05) is 31.7 Å². The Morgan fingerprint density at radius 3 is 2.71 bits per heavy atom. The molecule has 0 radical (unpaired) electrons. The van der Waals surface area contributed by atoms with Gasteiger partial charge in [0, 0.05) is 20.2 Å². The average molecular weight is 240 g/mol. The molecule has 0 aromatic carbocycles. The van der Waals surface area contributed by atoms with E-state index in [0.717, 1.165) is 13.1 Å². The first kappa shape index (κ1) is 12.3. The molecule has 2 rings (SSSR count). The lowest BCUT2D eigenvalue weighted by molar-refractivity contribution is 0.166. The second-order valence-corrected chi connectivity index (χ2v) is 4.40. The molecule has 1 atom stereocenters. The highest BCUT2D eigenvalue weighted by Crippen LogP contribution is 2.18. The smallest absolute Gasteiger partial charge is 0.266 e. The van der Waals surface area contributed by atoms with Gasteiger partial charge in [-0.15, -0.1) is 0 Å². The number of nitrogens with two attached hydrogens (primary N) is 1. The van der Waals surface area contributed by atoms with E-state index in [0.29, 0.717) is 18.4 Å². The fourth-order valence-electron chi connectivity index (χ4n) is 2.03. The third-order valence-corrected chi connectivity index (χ3v) is 2.98. The van der Waals surface area contributed by atoms with E-state index in [4.69, 9.17) is 15.0 Å². The molecular weight excluding hydrogens is 220 g/mol. The minimum absolute atomic E-state index is 0.340. The van der Waals surface area contributed by atoms with Crippen molar-refractivity contribution in [3.8, 4) is 0 Å². The minimum Gasteiger partial charge on any atom is -0.383 e. The van der Waals surface area contributed by atoms with Gasteiger partial charge < -0.3 is 19.9 Å². The first-order valence-electron chi connectivity index (χ1n) is 6.14. The molecule has 6 heteroatoms.